The summed E-state index contributed by atoms with van der Waals surface area (Å²) in [5, 5.41) is 2.74. The Balaban J connectivity index is 2.61. The monoisotopic (exact) mass is 181 g/mol. The zero-order chi connectivity index (χ0) is 9.90. The van der Waals surface area contributed by atoms with Crippen molar-refractivity contribution in [1.82, 2.24) is 4.98 Å². The topological polar surface area (TPSA) is 70.9 Å². The van der Waals surface area contributed by atoms with Crippen LogP contribution in [0.25, 0.3) is 0 Å². The number of carbonyl (C=O) groups is 1. The maximum absolute atomic E-state index is 11.6. The first kappa shape index (κ1) is 9.80. The molecule has 0 fully saturated rings. The molecule has 4 N–H and O–H groups in total. The van der Waals surface area contributed by atoms with Crippen LogP contribution >= 0.6 is 0 Å². The van der Waals surface area contributed by atoms with Gasteiger partial charge in [-0.15, -0.1) is 0 Å². The molecule has 72 valence electrons. The molecule has 0 aliphatic carbocycles. The van der Waals surface area contributed by atoms with Crippen LogP contribution in [0.2, 0.25) is 0 Å². The second-order valence-corrected chi connectivity index (χ2v) is 3.63. The van der Waals surface area contributed by atoms with Crippen molar-refractivity contribution in [3.05, 3.63) is 18.3 Å². The quantitative estimate of drug-likeness (QED) is 0.649. The van der Waals surface area contributed by atoms with Crippen LogP contribution in [0.5, 0.6) is 0 Å². The Morgan fingerprint density at radius 1 is 1.69 bits per heavy atom. The van der Waals surface area contributed by atoms with Crippen molar-refractivity contribution in [2.24, 2.45) is 11.1 Å². The van der Waals surface area contributed by atoms with Crippen molar-refractivity contribution < 1.29 is 4.79 Å². The highest BCUT2D eigenvalue weighted by atomic mass is 16.2. The predicted molar refractivity (Wildman–Crippen MR) is 52.3 cm³/mol. The van der Waals surface area contributed by atoms with Gasteiger partial charge in [-0.1, -0.05) is 0 Å². The van der Waals surface area contributed by atoms with Gasteiger partial charge in [0, 0.05) is 12.7 Å². The number of nitrogens with one attached hydrogen (secondary N) is 2. The summed E-state index contributed by atoms with van der Waals surface area (Å²) in [6.07, 6.45) is 1.76. The molecule has 1 amide bonds. The molecule has 0 aliphatic heterocycles. The first-order valence-corrected chi connectivity index (χ1v) is 4.21. The van der Waals surface area contributed by atoms with Crippen molar-refractivity contribution in [2.45, 2.75) is 13.8 Å². The van der Waals surface area contributed by atoms with E-state index in [1.807, 2.05) is 19.9 Å². The number of carbonyl (C=O) groups excluding carboxylic acids is 1. The number of rotatable bonds is 3. The lowest BCUT2D eigenvalue weighted by molar-refractivity contribution is -0.123. The second kappa shape index (κ2) is 3.62. The lowest BCUT2D eigenvalue weighted by Crippen LogP contribution is -2.37. The van der Waals surface area contributed by atoms with Crippen molar-refractivity contribution in [1.29, 1.82) is 0 Å². The highest BCUT2D eigenvalue weighted by Crippen LogP contribution is 2.15. The van der Waals surface area contributed by atoms with E-state index in [0.29, 0.717) is 12.4 Å². The Kier molecular flexibility index (Phi) is 2.72. The van der Waals surface area contributed by atoms with E-state index in [9.17, 15) is 4.79 Å². The first-order chi connectivity index (χ1) is 6.06. The summed E-state index contributed by atoms with van der Waals surface area (Å²) >= 11 is 0. The number of aromatic nitrogens is 1. The fourth-order valence-electron chi connectivity index (χ4n) is 0.792. The van der Waals surface area contributed by atoms with E-state index in [0.717, 1.165) is 0 Å². The summed E-state index contributed by atoms with van der Waals surface area (Å²) in [6.45, 7) is 3.95. The minimum absolute atomic E-state index is 0.0718. The summed E-state index contributed by atoms with van der Waals surface area (Å²) in [5.74, 6) is 0.629. The minimum atomic E-state index is -0.523. The molecule has 1 heterocycles. The molecule has 0 saturated heterocycles. The minimum Gasteiger partial charge on any atom is -0.348 e. The lowest BCUT2D eigenvalue weighted by Gasteiger charge is -2.20. The molecule has 13 heavy (non-hydrogen) atoms. The van der Waals surface area contributed by atoms with Gasteiger partial charge < -0.3 is 16.0 Å². The SMILES string of the molecule is CC(C)(CN)C(=O)Nc1ccc[nH]1. The standard InChI is InChI=1S/C9H15N3O/c1-9(2,6-10)8(13)12-7-4-3-5-11-7/h3-5,11H,6,10H2,1-2H3,(H,12,13). The number of aromatic amines is 1. The van der Waals surface area contributed by atoms with Gasteiger partial charge in [0.25, 0.3) is 0 Å². The van der Waals surface area contributed by atoms with E-state index in [4.69, 9.17) is 5.73 Å². The Hall–Kier alpha value is -1.29. The van der Waals surface area contributed by atoms with Gasteiger partial charge >= 0.3 is 0 Å². The second-order valence-electron chi connectivity index (χ2n) is 3.63. The molecular formula is C9H15N3O. The third kappa shape index (κ3) is 2.32. The van der Waals surface area contributed by atoms with E-state index in [1.54, 1.807) is 12.3 Å². The van der Waals surface area contributed by atoms with Crippen molar-refractivity contribution >= 4 is 11.7 Å². The van der Waals surface area contributed by atoms with E-state index in [1.165, 1.54) is 0 Å². The summed E-state index contributed by atoms with van der Waals surface area (Å²) in [6, 6.07) is 3.62. The number of nitrogens with two attached hydrogens (primary N) is 1. The third-order valence-corrected chi connectivity index (χ3v) is 1.97. The van der Waals surface area contributed by atoms with Crippen LogP contribution in [-0.4, -0.2) is 17.4 Å². The average Bonchev–Trinajstić information content (AvgIpc) is 2.57. The van der Waals surface area contributed by atoms with Gasteiger partial charge in [-0.2, -0.15) is 0 Å². The summed E-state index contributed by atoms with van der Waals surface area (Å²) in [7, 11) is 0. The Labute approximate surface area is 77.5 Å². The Morgan fingerprint density at radius 2 is 2.38 bits per heavy atom. The summed E-state index contributed by atoms with van der Waals surface area (Å²) in [5.41, 5.74) is 4.94. The summed E-state index contributed by atoms with van der Waals surface area (Å²) < 4.78 is 0. The van der Waals surface area contributed by atoms with E-state index >= 15 is 0 Å². The van der Waals surface area contributed by atoms with Gasteiger partial charge in [-0.25, -0.2) is 0 Å². The van der Waals surface area contributed by atoms with Gasteiger partial charge in [0.15, 0.2) is 0 Å². The molecule has 0 aromatic carbocycles. The van der Waals surface area contributed by atoms with Crippen LogP contribution in [0.3, 0.4) is 0 Å². The number of hydrogen-bond donors (Lipinski definition) is 3. The Morgan fingerprint density at radius 3 is 2.85 bits per heavy atom. The maximum atomic E-state index is 11.6. The summed E-state index contributed by atoms with van der Waals surface area (Å²) in [4.78, 5) is 14.4. The van der Waals surface area contributed by atoms with Gasteiger partial charge in [0.05, 0.1) is 5.41 Å². The fourth-order valence-corrected chi connectivity index (χ4v) is 0.792. The molecule has 4 nitrogen and oxygen atoms in total. The molecule has 0 radical (unpaired) electrons. The van der Waals surface area contributed by atoms with E-state index < -0.39 is 5.41 Å². The average molecular weight is 181 g/mol. The molecule has 0 aliphatic rings. The molecule has 4 heteroatoms. The highest BCUT2D eigenvalue weighted by Gasteiger charge is 2.25. The highest BCUT2D eigenvalue weighted by molar-refractivity contribution is 5.94. The number of anilines is 1. The normalized spacial score (nSPS) is 11.3. The van der Waals surface area contributed by atoms with E-state index in [2.05, 4.69) is 10.3 Å². The molecule has 0 bridgehead atoms. The largest absolute Gasteiger partial charge is 0.348 e. The zero-order valence-electron chi connectivity index (χ0n) is 7.92. The lowest BCUT2D eigenvalue weighted by atomic mass is 9.93. The van der Waals surface area contributed by atoms with Crippen molar-refractivity contribution in [3.63, 3.8) is 0 Å². The molecule has 0 atom stereocenters. The van der Waals surface area contributed by atoms with Crippen LogP contribution in [0, 0.1) is 5.41 Å². The molecule has 1 rings (SSSR count). The maximum Gasteiger partial charge on any atom is 0.232 e. The van der Waals surface area contributed by atoms with Gasteiger partial charge in [-0.3, -0.25) is 4.79 Å². The fraction of sp³-hybridized carbons (Fsp3) is 0.444. The molecule has 0 unspecified atom stereocenters. The van der Waals surface area contributed by atoms with Gasteiger partial charge in [-0.05, 0) is 26.0 Å². The van der Waals surface area contributed by atoms with Gasteiger partial charge in [0.2, 0.25) is 5.91 Å². The number of hydrogen-bond acceptors (Lipinski definition) is 2. The molecule has 0 spiro atoms. The molecule has 0 saturated carbocycles. The van der Waals surface area contributed by atoms with Crippen LogP contribution in [0.4, 0.5) is 5.82 Å². The third-order valence-electron chi connectivity index (χ3n) is 1.97. The number of H-pyrrole nitrogens is 1. The van der Waals surface area contributed by atoms with Gasteiger partial charge in [0.1, 0.15) is 5.82 Å². The van der Waals surface area contributed by atoms with Crippen molar-refractivity contribution in [3.8, 4) is 0 Å². The molecular weight excluding hydrogens is 166 g/mol. The Bertz CT molecular complexity index is 277. The van der Waals surface area contributed by atoms with Crippen LogP contribution in [0.15, 0.2) is 18.3 Å². The van der Waals surface area contributed by atoms with Crippen LogP contribution < -0.4 is 11.1 Å². The molecule has 1 aromatic heterocycles. The van der Waals surface area contributed by atoms with Crippen molar-refractivity contribution in [2.75, 3.05) is 11.9 Å². The zero-order valence-corrected chi connectivity index (χ0v) is 7.92. The molecule has 1 aromatic rings. The predicted octanol–water partition coefficient (Wildman–Crippen LogP) is 0.938. The number of amides is 1. The van der Waals surface area contributed by atoms with Crippen LogP contribution in [0.1, 0.15) is 13.8 Å². The smallest absolute Gasteiger partial charge is 0.232 e. The van der Waals surface area contributed by atoms with E-state index in [-0.39, 0.29) is 5.91 Å². The van der Waals surface area contributed by atoms with Crippen LogP contribution in [-0.2, 0) is 4.79 Å². The first-order valence-electron chi connectivity index (χ1n) is 4.21.